The van der Waals surface area contributed by atoms with Crippen molar-refractivity contribution in [1.29, 1.82) is 0 Å². The molecule has 0 aromatic heterocycles. The van der Waals surface area contributed by atoms with E-state index in [1.807, 2.05) is 0 Å². The lowest BCUT2D eigenvalue weighted by molar-refractivity contribution is -0.173. The van der Waals surface area contributed by atoms with Crippen LogP contribution < -0.4 is 16.4 Å². The normalized spacial score (nSPS) is 46.4. The van der Waals surface area contributed by atoms with Crippen LogP contribution in [-0.2, 0) is 25.2 Å². The summed E-state index contributed by atoms with van der Waals surface area (Å²) < 4.78 is 22.0. The Morgan fingerprint density at radius 2 is 1.47 bits per heavy atom. The summed E-state index contributed by atoms with van der Waals surface area (Å²) in [6.07, 6.45) is 16.5. The van der Waals surface area contributed by atoms with Crippen molar-refractivity contribution in [1.82, 2.24) is 15.5 Å². The molecule has 2 aromatic rings. The Balaban J connectivity index is 0.922. The molecular weight excluding hydrogens is 736 g/mol. The van der Waals surface area contributed by atoms with Gasteiger partial charge in [0, 0.05) is 42.1 Å². The van der Waals surface area contributed by atoms with Crippen LogP contribution in [0, 0.1) is 39.4 Å². The Bertz CT molecular complexity index is 1930. The quantitative estimate of drug-likeness (QED) is 0.214. The molecule has 9 saturated carbocycles. The zero-order chi connectivity index (χ0) is 40.3. The van der Waals surface area contributed by atoms with Gasteiger partial charge in [0.2, 0.25) is 11.8 Å². The highest BCUT2D eigenvalue weighted by atomic mass is 19.1. The summed E-state index contributed by atoms with van der Waals surface area (Å²) in [5.41, 5.74) is 8.55. The van der Waals surface area contributed by atoms with Gasteiger partial charge in [-0.1, -0.05) is 54.6 Å². The number of nitrogens with one attached hydrogen (secondary N) is 2. The van der Waals surface area contributed by atoms with Crippen molar-refractivity contribution in [3.8, 4) is 0 Å². The zero-order valence-corrected chi connectivity index (χ0v) is 35.6. The number of nitrogens with zero attached hydrogens (tertiary/aromatic N) is 1. The summed E-state index contributed by atoms with van der Waals surface area (Å²) in [6, 6.07) is 21.4. The second-order valence-electron chi connectivity index (χ2n) is 22.7. The van der Waals surface area contributed by atoms with Gasteiger partial charge in [-0.2, -0.15) is 0 Å². The molecule has 12 aliphatic rings. The number of alkyl halides is 1. The Kier molecular flexibility index (Phi) is 9.34. The lowest BCUT2D eigenvalue weighted by Crippen LogP contribution is -2.67. The number of halogens is 1. The number of fused-ring (bicyclic) bond motifs is 3. The zero-order valence-electron chi connectivity index (χ0n) is 35.6. The van der Waals surface area contributed by atoms with E-state index in [0.29, 0.717) is 24.9 Å². The third kappa shape index (κ3) is 6.24. The van der Waals surface area contributed by atoms with Crippen LogP contribution in [0.4, 0.5) is 4.39 Å². The first-order chi connectivity index (χ1) is 28.5. The minimum absolute atomic E-state index is 0.0171. The topological polar surface area (TPSA) is 96.7 Å². The molecule has 12 fully saturated rings. The molecule has 10 bridgehead atoms. The van der Waals surface area contributed by atoms with Gasteiger partial charge in [0.25, 0.3) is 0 Å². The second kappa shape index (κ2) is 14.1. The van der Waals surface area contributed by atoms with Crippen LogP contribution in [0.1, 0.15) is 139 Å². The molecule has 10 atom stereocenters. The molecule has 3 saturated heterocycles. The Labute approximate surface area is 351 Å². The fourth-order valence-electron chi connectivity index (χ4n) is 17.4. The number of ether oxygens (including phenoxy) is 1. The van der Waals surface area contributed by atoms with Gasteiger partial charge in [-0.25, -0.2) is 0 Å². The summed E-state index contributed by atoms with van der Waals surface area (Å²) in [5.74, 6) is 2.03. The maximum absolute atomic E-state index is 15.7. The van der Waals surface area contributed by atoms with E-state index < -0.39 is 10.8 Å². The van der Waals surface area contributed by atoms with Crippen LogP contribution in [0.15, 0.2) is 54.6 Å². The van der Waals surface area contributed by atoms with Crippen molar-refractivity contribution in [2.45, 2.75) is 151 Å². The highest BCUT2D eigenvalue weighted by Gasteiger charge is 2.70. The molecule has 5 unspecified atom stereocenters. The van der Waals surface area contributed by atoms with Gasteiger partial charge in [-0.3, -0.25) is 14.0 Å². The van der Waals surface area contributed by atoms with Crippen LogP contribution in [0.25, 0.3) is 0 Å². The van der Waals surface area contributed by atoms with E-state index in [-0.39, 0.29) is 70.1 Å². The molecule has 0 radical (unpaired) electrons. The van der Waals surface area contributed by atoms with Crippen molar-refractivity contribution in [2.75, 3.05) is 39.5 Å². The third-order valence-corrected chi connectivity index (χ3v) is 18.8. The molecular formula is C51H69FN4O3. The highest BCUT2D eigenvalue weighted by molar-refractivity contribution is 5.85. The SMILES string of the molecule is CCOC[C@]12CC3CC(C(=O)NC4CCC(N)CC4)(C1)C[C@@](c1ccc(C4C5CC6(C(=O)N[C@H]7CN8CCC7CC8)C[C@@](CF)(C5)C[C@]4(c4ccccc4)C6)cc1)(C3)C2. The average molecular weight is 805 g/mol. The molecule has 9 aliphatic carbocycles. The number of amides is 2. The molecule has 4 N–H and O–H groups in total. The predicted molar refractivity (Wildman–Crippen MR) is 228 cm³/mol. The summed E-state index contributed by atoms with van der Waals surface area (Å²) in [5, 5.41) is 7.24. The predicted octanol–water partition coefficient (Wildman–Crippen LogP) is 8.10. The number of piperidine rings is 3. The van der Waals surface area contributed by atoms with E-state index in [4.69, 9.17) is 10.5 Å². The molecule has 14 rings (SSSR count). The summed E-state index contributed by atoms with van der Waals surface area (Å²) in [4.78, 5) is 32.0. The third-order valence-electron chi connectivity index (χ3n) is 18.8. The molecule has 3 aliphatic heterocycles. The second-order valence-corrected chi connectivity index (χ2v) is 22.7. The van der Waals surface area contributed by atoms with Gasteiger partial charge in [-0.05, 0) is 180 Å². The Morgan fingerprint density at radius 1 is 0.746 bits per heavy atom. The number of carbonyl (C=O) groups is 2. The minimum atomic E-state index is -0.543. The molecule has 2 amide bonds. The van der Waals surface area contributed by atoms with Crippen LogP contribution in [0.2, 0.25) is 0 Å². The number of hydrogen-bond acceptors (Lipinski definition) is 5. The molecule has 8 heteroatoms. The van der Waals surface area contributed by atoms with Crippen LogP contribution >= 0.6 is 0 Å². The molecule has 7 nitrogen and oxygen atoms in total. The van der Waals surface area contributed by atoms with E-state index in [9.17, 15) is 9.59 Å². The summed E-state index contributed by atoms with van der Waals surface area (Å²) >= 11 is 0. The monoisotopic (exact) mass is 805 g/mol. The molecule has 0 spiro atoms. The number of benzene rings is 2. The number of carbonyl (C=O) groups excluding carboxylic acids is 2. The van der Waals surface area contributed by atoms with Crippen molar-refractivity contribution >= 4 is 11.8 Å². The van der Waals surface area contributed by atoms with Crippen molar-refractivity contribution < 1.29 is 18.7 Å². The Hall–Kier alpha value is -2.81. The first-order valence-electron chi connectivity index (χ1n) is 23.9. The molecule has 318 valence electrons. The number of nitrogens with two attached hydrogens (primary N) is 1. The van der Waals surface area contributed by atoms with E-state index >= 15 is 4.39 Å². The van der Waals surface area contributed by atoms with Gasteiger partial charge >= 0.3 is 0 Å². The van der Waals surface area contributed by atoms with Crippen molar-refractivity contribution in [2.24, 2.45) is 45.1 Å². The summed E-state index contributed by atoms with van der Waals surface area (Å²) in [7, 11) is 0. The van der Waals surface area contributed by atoms with Gasteiger partial charge in [0.15, 0.2) is 0 Å². The van der Waals surface area contributed by atoms with E-state index in [1.165, 1.54) is 29.5 Å². The highest BCUT2D eigenvalue weighted by Crippen LogP contribution is 2.75. The van der Waals surface area contributed by atoms with Gasteiger partial charge in [0.1, 0.15) is 0 Å². The van der Waals surface area contributed by atoms with Crippen molar-refractivity contribution in [3.05, 3.63) is 71.3 Å². The number of rotatable bonds is 11. The van der Waals surface area contributed by atoms with Gasteiger partial charge in [-0.15, -0.1) is 0 Å². The number of hydrogen-bond donors (Lipinski definition) is 3. The largest absolute Gasteiger partial charge is 0.381 e. The molecule has 2 aromatic carbocycles. The van der Waals surface area contributed by atoms with Gasteiger partial charge in [0.05, 0.1) is 24.1 Å². The maximum atomic E-state index is 15.7. The molecule has 3 heterocycles. The van der Waals surface area contributed by atoms with Gasteiger partial charge < -0.3 is 26.0 Å². The first-order valence-corrected chi connectivity index (χ1v) is 23.9. The standard InChI is InChI=1S/C51H69FN4O3/c1-2-59-33-47-20-34-21-48(27-47,30-49(22-34,28-47)44(57)54-41-14-12-40(53)13-15-41)38-10-8-36(9-11-38)43-37-23-46(32-52)26-50(24-37,31-51(43,29-46)39-6-4-3-5-7-39)45(58)55-42-25-56-18-16-35(42)17-19-56/h3-11,34-35,37,40-43H,2,12-33,53H2,1H3,(H,54,57)(H,55,58)/t34?,37?,40?,41?,42-,43?,46-,47-,48+,49?,50?,51+/m0/s1. The summed E-state index contributed by atoms with van der Waals surface area (Å²) in [6.45, 7) is 6.44. The first kappa shape index (κ1) is 39.1. The van der Waals surface area contributed by atoms with Crippen LogP contribution in [0.3, 0.4) is 0 Å². The van der Waals surface area contributed by atoms with Crippen molar-refractivity contribution in [3.63, 3.8) is 0 Å². The fourth-order valence-corrected chi connectivity index (χ4v) is 17.4. The average Bonchev–Trinajstić information content (AvgIpc) is 3.24. The minimum Gasteiger partial charge on any atom is -0.381 e. The smallest absolute Gasteiger partial charge is 0.226 e. The van der Waals surface area contributed by atoms with Crippen LogP contribution in [-0.4, -0.2) is 74.4 Å². The molecule has 59 heavy (non-hydrogen) atoms. The Morgan fingerprint density at radius 3 is 2.19 bits per heavy atom. The lowest BCUT2D eigenvalue weighted by Gasteiger charge is -2.69. The van der Waals surface area contributed by atoms with Crippen LogP contribution in [0.5, 0.6) is 0 Å². The van der Waals surface area contributed by atoms with E-state index in [0.717, 1.165) is 116 Å². The fraction of sp³-hybridized carbons (Fsp3) is 0.725. The van der Waals surface area contributed by atoms with E-state index in [2.05, 4.69) is 77.1 Å². The maximum Gasteiger partial charge on any atom is 0.226 e. The van der Waals surface area contributed by atoms with E-state index in [1.54, 1.807) is 0 Å². The lowest BCUT2D eigenvalue weighted by atomic mass is 9.34.